The van der Waals surface area contributed by atoms with Gasteiger partial charge in [0, 0.05) is 48.3 Å². The second-order valence-corrected chi connectivity index (χ2v) is 10.5. The summed E-state index contributed by atoms with van der Waals surface area (Å²) in [6.45, 7) is 11.0. The van der Waals surface area contributed by atoms with Crippen LogP contribution >= 0.6 is 0 Å². The van der Waals surface area contributed by atoms with Gasteiger partial charge in [0.05, 0.1) is 23.1 Å². The van der Waals surface area contributed by atoms with Crippen molar-refractivity contribution in [3.05, 3.63) is 42.5 Å². The fourth-order valence-corrected chi connectivity index (χ4v) is 6.50. The summed E-state index contributed by atoms with van der Waals surface area (Å²) in [4.78, 5) is 24.0. The highest BCUT2D eigenvalue weighted by molar-refractivity contribution is 6.07. The molecule has 6 rings (SSSR count). The van der Waals surface area contributed by atoms with Crippen molar-refractivity contribution < 1.29 is 0 Å². The Labute approximate surface area is 219 Å². The van der Waals surface area contributed by atoms with Gasteiger partial charge in [0.1, 0.15) is 11.5 Å². The fraction of sp³-hybridized carbons (Fsp3) is 0.517. The fourth-order valence-electron chi connectivity index (χ4n) is 6.50. The second-order valence-electron chi connectivity index (χ2n) is 10.5. The molecule has 1 aliphatic carbocycles. The number of nitrogens with one attached hydrogen (secondary N) is 1. The molecule has 1 aliphatic heterocycles. The molecule has 1 saturated heterocycles. The lowest BCUT2D eigenvalue weighted by molar-refractivity contribution is 0.186. The summed E-state index contributed by atoms with van der Waals surface area (Å²) in [7, 11) is 0. The van der Waals surface area contributed by atoms with Crippen LogP contribution in [-0.4, -0.2) is 61.6 Å². The van der Waals surface area contributed by atoms with Gasteiger partial charge in [-0.1, -0.05) is 26.7 Å². The molecule has 0 aromatic carbocycles. The molecule has 0 radical (unpaired) electrons. The summed E-state index contributed by atoms with van der Waals surface area (Å²) in [6.07, 6.45) is 13.1. The minimum absolute atomic E-state index is 0.467. The monoisotopic (exact) mass is 498 g/mol. The predicted molar refractivity (Wildman–Crippen MR) is 151 cm³/mol. The minimum atomic E-state index is 0.467. The SMILES string of the molecule is CCN(CC)C1CCN(c2ccc(Nc3ncc4c5ccnc(C)c5n(C5CCCC5)c4n3)nc2)CC1. The van der Waals surface area contributed by atoms with E-state index in [2.05, 4.69) is 62.6 Å². The Hall–Kier alpha value is -3.26. The number of anilines is 3. The number of piperidine rings is 1. The van der Waals surface area contributed by atoms with Gasteiger partial charge in [0.15, 0.2) is 0 Å². The summed E-state index contributed by atoms with van der Waals surface area (Å²) >= 11 is 0. The standard InChI is InChI=1S/C29H38N8/c1-4-35(5-2)21-13-16-36(17-14-21)23-10-11-26(31-18-23)33-29-32-19-25-24-12-15-30-20(3)27(24)37(28(25)34-29)22-8-6-7-9-22/h10-12,15,18-19,21-22H,4-9,13-14,16-17H2,1-3H3,(H,31,32,33,34). The molecule has 8 nitrogen and oxygen atoms in total. The summed E-state index contributed by atoms with van der Waals surface area (Å²) in [5.41, 5.74) is 4.42. The van der Waals surface area contributed by atoms with Gasteiger partial charge in [-0.25, -0.2) is 9.97 Å². The van der Waals surface area contributed by atoms with Crippen molar-refractivity contribution >= 4 is 39.4 Å². The summed E-state index contributed by atoms with van der Waals surface area (Å²) in [6, 6.07) is 7.47. The molecule has 5 heterocycles. The van der Waals surface area contributed by atoms with Gasteiger partial charge >= 0.3 is 0 Å². The molecule has 2 fully saturated rings. The molecule has 8 heteroatoms. The van der Waals surface area contributed by atoms with Crippen molar-refractivity contribution in [2.45, 2.75) is 71.4 Å². The van der Waals surface area contributed by atoms with E-state index in [1.807, 2.05) is 24.7 Å². The van der Waals surface area contributed by atoms with E-state index in [0.29, 0.717) is 18.0 Å². The number of hydrogen-bond donors (Lipinski definition) is 1. The Balaban J connectivity index is 1.22. The number of aromatic nitrogens is 5. The molecule has 1 saturated carbocycles. The van der Waals surface area contributed by atoms with Crippen LogP contribution in [0.25, 0.3) is 21.9 Å². The number of rotatable bonds is 7. The first-order valence-corrected chi connectivity index (χ1v) is 14.0. The van der Waals surface area contributed by atoms with E-state index in [4.69, 9.17) is 9.97 Å². The predicted octanol–water partition coefficient (Wildman–Crippen LogP) is 5.85. The van der Waals surface area contributed by atoms with Gasteiger partial charge in [-0.2, -0.15) is 4.98 Å². The summed E-state index contributed by atoms with van der Waals surface area (Å²) in [5.74, 6) is 1.35. The van der Waals surface area contributed by atoms with E-state index in [1.165, 1.54) is 55.1 Å². The van der Waals surface area contributed by atoms with Crippen molar-refractivity contribution in [3.8, 4) is 0 Å². The lowest BCUT2D eigenvalue weighted by Gasteiger charge is -2.38. The van der Waals surface area contributed by atoms with E-state index >= 15 is 0 Å². The quantitative estimate of drug-likeness (QED) is 0.342. The van der Waals surface area contributed by atoms with Crippen molar-refractivity contribution in [2.75, 3.05) is 36.4 Å². The third-order valence-electron chi connectivity index (χ3n) is 8.47. The number of fused-ring (bicyclic) bond motifs is 3. The highest BCUT2D eigenvalue weighted by Crippen LogP contribution is 2.38. The van der Waals surface area contributed by atoms with Crippen LogP contribution in [0.5, 0.6) is 0 Å². The minimum Gasteiger partial charge on any atom is -0.370 e. The molecule has 37 heavy (non-hydrogen) atoms. The molecule has 0 unspecified atom stereocenters. The molecule has 0 amide bonds. The number of pyridine rings is 2. The van der Waals surface area contributed by atoms with E-state index in [1.54, 1.807) is 0 Å². The molecule has 0 atom stereocenters. The average Bonchev–Trinajstić information content (AvgIpc) is 3.57. The van der Waals surface area contributed by atoms with Crippen LogP contribution in [0.4, 0.5) is 17.5 Å². The molecule has 4 aromatic rings. The summed E-state index contributed by atoms with van der Waals surface area (Å²) < 4.78 is 2.42. The zero-order valence-corrected chi connectivity index (χ0v) is 22.3. The Morgan fingerprint density at radius 2 is 1.70 bits per heavy atom. The molecule has 0 bridgehead atoms. The zero-order valence-electron chi connectivity index (χ0n) is 22.3. The summed E-state index contributed by atoms with van der Waals surface area (Å²) in [5, 5.41) is 5.63. The average molecular weight is 499 g/mol. The Kier molecular flexibility index (Phi) is 6.67. The van der Waals surface area contributed by atoms with Crippen LogP contribution in [0.2, 0.25) is 0 Å². The molecule has 2 aliphatic rings. The van der Waals surface area contributed by atoms with Crippen LogP contribution in [0.15, 0.2) is 36.8 Å². The zero-order chi connectivity index (χ0) is 25.4. The smallest absolute Gasteiger partial charge is 0.230 e. The van der Waals surface area contributed by atoms with E-state index in [0.717, 1.165) is 48.7 Å². The largest absolute Gasteiger partial charge is 0.370 e. The number of aryl methyl sites for hydroxylation is 1. The second kappa shape index (κ2) is 10.2. The van der Waals surface area contributed by atoms with E-state index < -0.39 is 0 Å². The molecular weight excluding hydrogens is 460 g/mol. The Morgan fingerprint density at radius 1 is 0.919 bits per heavy atom. The van der Waals surface area contributed by atoms with Crippen molar-refractivity contribution in [2.24, 2.45) is 0 Å². The third kappa shape index (κ3) is 4.52. The van der Waals surface area contributed by atoms with Gasteiger partial charge in [-0.3, -0.25) is 4.98 Å². The highest BCUT2D eigenvalue weighted by Gasteiger charge is 2.25. The van der Waals surface area contributed by atoms with Gasteiger partial charge in [0.2, 0.25) is 5.95 Å². The van der Waals surface area contributed by atoms with Gasteiger partial charge in [0.25, 0.3) is 0 Å². The van der Waals surface area contributed by atoms with Gasteiger partial charge in [-0.05, 0) is 63.9 Å². The van der Waals surface area contributed by atoms with Crippen molar-refractivity contribution in [1.29, 1.82) is 0 Å². The van der Waals surface area contributed by atoms with Crippen LogP contribution in [-0.2, 0) is 0 Å². The lowest BCUT2D eigenvalue weighted by Crippen LogP contribution is -2.44. The lowest BCUT2D eigenvalue weighted by atomic mass is 10.0. The van der Waals surface area contributed by atoms with Crippen molar-refractivity contribution in [1.82, 2.24) is 29.4 Å². The molecule has 0 spiro atoms. The molecule has 194 valence electrons. The van der Waals surface area contributed by atoms with Crippen LogP contribution in [0.1, 0.15) is 64.1 Å². The third-order valence-corrected chi connectivity index (χ3v) is 8.47. The first-order valence-electron chi connectivity index (χ1n) is 14.0. The van der Waals surface area contributed by atoms with Gasteiger partial charge < -0.3 is 19.7 Å². The van der Waals surface area contributed by atoms with E-state index in [9.17, 15) is 0 Å². The van der Waals surface area contributed by atoms with Crippen LogP contribution in [0.3, 0.4) is 0 Å². The normalized spacial score (nSPS) is 17.5. The topological polar surface area (TPSA) is 75.0 Å². The maximum atomic E-state index is 5.00. The maximum Gasteiger partial charge on any atom is 0.230 e. The number of hydrogen-bond acceptors (Lipinski definition) is 7. The molecule has 4 aromatic heterocycles. The Bertz CT molecular complexity index is 1360. The van der Waals surface area contributed by atoms with Crippen molar-refractivity contribution in [3.63, 3.8) is 0 Å². The molecule has 1 N–H and O–H groups in total. The highest BCUT2D eigenvalue weighted by atomic mass is 15.2. The Morgan fingerprint density at radius 3 is 2.41 bits per heavy atom. The van der Waals surface area contributed by atoms with Crippen LogP contribution in [0, 0.1) is 6.92 Å². The number of nitrogens with zero attached hydrogens (tertiary/aromatic N) is 7. The molecular formula is C29H38N8. The van der Waals surface area contributed by atoms with Gasteiger partial charge in [-0.15, -0.1) is 0 Å². The maximum absolute atomic E-state index is 5.00. The first-order chi connectivity index (χ1) is 18.2. The van der Waals surface area contributed by atoms with Crippen LogP contribution < -0.4 is 10.2 Å². The van der Waals surface area contributed by atoms with E-state index in [-0.39, 0.29) is 0 Å². The first kappa shape index (κ1) is 24.1.